The molecule has 0 aliphatic rings. The number of carboxylic acid groups (broad SMARTS) is 1. The molecule has 0 radical (unpaired) electrons. The van der Waals surface area contributed by atoms with Gasteiger partial charge in [0, 0.05) is 0 Å². The zero-order chi connectivity index (χ0) is 10.6. The molecule has 0 aromatic rings. The number of rotatable bonds is 5. The third-order valence-electron chi connectivity index (χ3n) is 1.42. The monoisotopic (exact) mass is 213 g/mol. The lowest BCUT2D eigenvalue weighted by atomic mass is 10.1. The molecule has 8 heteroatoms. The molecule has 0 unspecified atom stereocenters. The molecule has 0 saturated carbocycles. The van der Waals surface area contributed by atoms with Crippen LogP contribution in [0.1, 0.15) is 6.42 Å². The fourth-order valence-electron chi connectivity index (χ4n) is 0.645. The van der Waals surface area contributed by atoms with Crippen molar-refractivity contribution in [2.45, 2.75) is 18.6 Å². The molecule has 6 N–H and O–H groups in total. The highest BCUT2D eigenvalue weighted by Gasteiger charge is 2.24. The smallest absolute Gasteiger partial charge is 0.325 e. The van der Waals surface area contributed by atoms with Crippen LogP contribution in [0.4, 0.5) is 0 Å². The first-order chi connectivity index (χ1) is 5.74. The van der Waals surface area contributed by atoms with Crippen molar-refractivity contribution in [1.82, 2.24) is 0 Å². The van der Waals surface area contributed by atoms with E-state index in [2.05, 4.69) is 0 Å². The van der Waals surface area contributed by atoms with Crippen LogP contribution in [0.15, 0.2) is 0 Å². The summed E-state index contributed by atoms with van der Waals surface area (Å²) < 4.78 is 10.3. The van der Waals surface area contributed by atoms with Gasteiger partial charge in [-0.1, -0.05) is 0 Å². The minimum absolute atomic E-state index is 0.336. The van der Waals surface area contributed by atoms with Gasteiger partial charge in [0.05, 0.1) is 12.3 Å². The van der Waals surface area contributed by atoms with Gasteiger partial charge in [-0.05, 0) is 6.42 Å². The summed E-state index contributed by atoms with van der Waals surface area (Å²) in [6.45, 7) is 0. The second-order valence-electron chi connectivity index (χ2n) is 2.61. The van der Waals surface area contributed by atoms with Gasteiger partial charge < -0.3 is 25.7 Å². The summed E-state index contributed by atoms with van der Waals surface area (Å²) >= 11 is 0. The van der Waals surface area contributed by atoms with Crippen LogP contribution in [0.2, 0.25) is 0 Å². The van der Waals surface area contributed by atoms with Crippen LogP contribution < -0.4 is 5.73 Å². The summed E-state index contributed by atoms with van der Waals surface area (Å²) in [6.07, 6.45) is -2.35. The van der Waals surface area contributed by atoms with Crippen molar-refractivity contribution >= 4 is 13.6 Å². The summed E-state index contributed by atoms with van der Waals surface area (Å²) in [5, 5.41) is 17.3. The van der Waals surface area contributed by atoms with Crippen molar-refractivity contribution in [1.29, 1.82) is 0 Å². The van der Waals surface area contributed by atoms with Crippen LogP contribution in [0.3, 0.4) is 0 Å². The Kier molecular flexibility index (Phi) is 4.52. The first kappa shape index (κ1) is 12.5. The number of aliphatic hydroxyl groups excluding tert-OH is 1. The Morgan fingerprint density at radius 2 is 1.92 bits per heavy atom. The second-order valence-corrected chi connectivity index (χ2v) is 4.38. The van der Waals surface area contributed by atoms with Crippen LogP contribution >= 0.6 is 7.60 Å². The lowest BCUT2D eigenvalue weighted by Crippen LogP contribution is -2.42. The van der Waals surface area contributed by atoms with Gasteiger partial charge in [0.2, 0.25) is 0 Å². The van der Waals surface area contributed by atoms with Crippen molar-refractivity contribution in [3.8, 4) is 0 Å². The summed E-state index contributed by atoms with van der Waals surface area (Å²) in [4.78, 5) is 27.0. The molecule has 2 atom stereocenters. The SMILES string of the molecule is N[C@@H](C(=O)O)[C@@H](O)CCP(=O)(O)O. The van der Waals surface area contributed by atoms with Gasteiger partial charge in [0.1, 0.15) is 6.04 Å². The highest BCUT2D eigenvalue weighted by atomic mass is 31.2. The Bertz CT molecular complexity index is 225. The van der Waals surface area contributed by atoms with Crippen molar-refractivity contribution in [3.05, 3.63) is 0 Å². The molecule has 0 saturated heterocycles. The number of carboxylic acids is 1. The van der Waals surface area contributed by atoms with Crippen molar-refractivity contribution in [2.75, 3.05) is 6.16 Å². The third kappa shape index (κ3) is 5.73. The van der Waals surface area contributed by atoms with Crippen LogP contribution in [-0.2, 0) is 9.36 Å². The number of carbonyl (C=O) groups is 1. The van der Waals surface area contributed by atoms with E-state index in [4.69, 9.17) is 25.7 Å². The molecule has 13 heavy (non-hydrogen) atoms. The first-order valence-electron chi connectivity index (χ1n) is 3.45. The van der Waals surface area contributed by atoms with Crippen LogP contribution in [0, 0.1) is 0 Å². The van der Waals surface area contributed by atoms with Crippen molar-refractivity contribution in [2.24, 2.45) is 5.73 Å². The number of aliphatic carboxylic acids is 1. The predicted octanol–water partition coefficient (Wildman–Crippen LogP) is -1.67. The Balaban J connectivity index is 3.95. The standard InChI is InChI=1S/C5H12NO6P/c6-4(5(8)9)3(7)1-2-13(10,11)12/h3-4,7H,1-2,6H2,(H,8,9)(H2,10,11,12)/t3-,4+/m0/s1. The molecular weight excluding hydrogens is 201 g/mol. The Morgan fingerprint density at radius 1 is 1.46 bits per heavy atom. The molecule has 7 nitrogen and oxygen atoms in total. The maximum atomic E-state index is 10.3. The van der Waals surface area contributed by atoms with E-state index in [9.17, 15) is 9.36 Å². The molecule has 0 fully saturated rings. The zero-order valence-corrected chi connectivity index (χ0v) is 7.59. The number of hydrogen-bond donors (Lipinski definition) is 5. The minimum Gasteiger partial charge on any atom is -0.480 e. The molecule has 0 aromatic heterocycles. The average molecular weight is 213 g/mol. The zero-order valence-electron chi connectivity index (χ0n) is 6.70. The van der Waals surface area contributed by atoms with Gasteiger partial charge in [-0.3, -0.25) is 9.36 Å². The van der Waals surface area contributed by atoms with E-state index >= 15 is 0 Å². The number of aliphatic hydroxyl groups is 1. The first-order valence-corrected chi connectivity index (χ1v) is 5.25. The van der Waals surface area contributed by atoms with E-state index < -0.39 is 31.9 Å². The van der Waals surface area contributed by atoms with Crippen molar-refractivity contribution in [3.63, 3.8) is 0 Å². The number of nitrogens with two attached hydrogens (primary N) is 1. The van der Waals surface area contributed by atoms with E-state index in [1.165, 1.54) is 0 Å². The minimum atomic E-state index is -4.20. The summed E-state index contributed by atoms with van der Waals surface area (Å²) in [5.74, 6) is -1.40. The molecule has 0 amide bonds. The fraction of sp³-hybridized carbons (Fsp3) is 0.800. The summed E-state index contributed by atoms with van der Waals surface area (Å²) in [5.41, 5.74) is 4.99. The van der Waals surface area contributed by atoms with E-state index in [1.807, 2.05) is 0 Å². The number of hydrogen-bond acceptors (Lipinski definition) is 4. The topological polar surface area (TPSA) is 141 Å². The predicted molar refractivity (Wildman–Crippen MR) is 43.1 cm³/mol. The highest BCUT2D eigenvalue weighted by molar-refractivity contribution is 7.51. The lowest BCUT2D eigenvalue weighted by Gasteiger charge is -2.14. The van der Waals surface area contributed by atoms with Crippen LogP contribution in [-0.4, -0.2) is 44.3 Å². The molecule has 0 aliphatic heterocycles. The van der Waals surface area contributed by atoms with Gasteiger partial charge in [-0.25, -0.2) is 0 Å². The normalized spacial score (nSPS) is 16.6. The second kappa shape index (κ2) is 4.69. The maximum Gasteiger partial charge on any atom is 0.325 e. The maximum absolute atomic E-state index is 10.3. The fourth-order valence-corrected chi connectivity index (χ4v) is 1.25. The van der Waals surface area contributed by atoms with Gasteiger partial charge >= 0.3 is 13.6 Å². The Hall–Kier alpha value is -0.460. The Labute approximate surface area is 74.3 Å². The van der Waals surface area contributed by atoms with Gasteiger partial charge in [-0.2, -0.15) is 0 Å². The van der Waals surface area contributed by atoms with Gasteiger partial charge in [-0.15, -0.1) is 0 Å². The Morgan fingerprint density at radius 3 is 2.23 bits per heavy atom. The van der Waals surface area contributed by atoms with Gasteiger partial charge in [0.25, 0.3) is 0 Å². The average Bonchev–Trinajstić information content (AvgIpc) is 1.97. The molecule has 0 spiro atoms. The highest BCUT2D eigenvalue weighted by Crippen LogP contribution is 2.35. The van der Waals surface area contributed by atoms with E-state index in [1.54, 1.807) is 0 Å². The van der Waals surface area contributed by atoms with Crippen LogP contribution in [0.5, 0.6) is 0 Å². The third-order valence-corrected chi connectivity index (χ3v) is 2.26. The molecule has 0 heterocycles. The van der Waals surface area contributed by atoms with E-state index in [-0.39, 0.29) is 6.42 Å². The summed E-state index contributed by atoms with van der Waals surface area (Å²) in [6, 6.07) is -1.51. The quantitative estimate of drug-likeness (QED) is 0.343. The van der Waals surface area contributed by atoms with Gasteiger partial charge in [0.15, 0.2) is 0 Å². The largest absolute Gasteiger partial charge is 0.480 e. The van der Waals surface area contributed by atoms with Crippen LogP contribution in [0.25, 0.3) is 0 Å². The molecule has 0 aliphatic carbocycles. The molecular formula is C5H12NO6P. The molecule has 0 rings (SSSR count). The van der Waals surface area contributed by atoms with Crippen molar-refractivity contribution < 1.29 is 29.4 Å². The van der Waals surface area contributed by atoms with E-state index in [0.29, 0.717) is 0 Å². The lowest BCUT2D eigenvalue weighted by molar-refractivity contribution is -0.141. The van der Waals surface area contributed by atoms with E-state index in [0.717, 1.165) is 0 Å². The molecule has 0 bridgehead atoms. The molecule has 0 aromatic carbocycles. The summed E-state index contributed by atoms with van der Waals surface area (Å²) in [7, 11) is -4.20. The molecule has 78 valence electrons.